The van der Waals surface area contributed by atoms with E-state index >= 15 is 0 Å². The van der Waals surface area contributed by atoms with E-state index in [9.17, 15) is 9.59 Å². The number of ether oxygens (including phenoxy) is 2. The molecule has 0 unspecified atom stereocenters. The van der Waals surface area contributed by atoms with Crippen LogP contribution < -0.4 is 20.1 Å². The van der Waals surface area contributed by atoms with E-state index in [-0.39, 0.29) is 30.1 Å². The van der Waals surface area contributed by atoms with Crippen LogP contribution in [0.3, 0.4) is 0 Å². The Morgan fingerprint density at radius 3 is 2.82 bits per heavy atom. The molecule has 0 atom stereocenters. The summed E-state index contributed by atoms with van der Waals surface area (Å²) in [6, 6.07) is 10.9. The molecule has 0 spiro atoms. The molecule has 0 radical (unpaired) electrons. The Balaban J connectivity index is 1.54. The Morgan fingerprint density at radius 1 is 1.11 bits per heavy atom. The summed E-state index contributed by atoms with van der Waals surface area (Å²) in [5.41, 5.74) is 1.66. The molecule has 8 heteroatoms. The third-order valence-corrected chi connectivity index (χ3v) is 4.39. The van der Waals surface area contributed by atoms with Crippen LogP contribution in [0, 0.1) is 0 Å². The van der Waals surface area contributed by atoms with Crippen molar-refractivity contribution in [2.75, 3.05) is 13.3 Å². The first-order chi connectivity index (χ1) is 13.7. The Morgan fingerprint density at radius 2 is 1.96 bits per heavy atom. The predicted molar refractivity (Wildman–Crippen MR) is 102 cm³/mol. The van der Waals surface area contributed by atoms with Crippen molar-refractivity contribution in [2.45, 2.75) is 19.9 Å². The zero-order chi connectivity index (χ0) is 19.5. The Bertz CT molecular complexity index is 1040. The van der Waals surface area contributed by atoms with Crippen molar-refractivity contribution in [3.8, 4) is 11.5 Å². The molecule has 1 aromatic carbocycles. The largest absolute Gasteiger partial charge is 0.454 e. The Hall–Kier alpha value is -3.55. The van der Waals surface area contributed by atoms with E-state index < -0.39 is 0 Å². The zero-order valence-corrected chi connectivity index (χ0v) is 15.4. The highest BCUT2D eigenvalue weighted by atomic mass is 16.7. The molecule has 2 aromatic heterocycles. The molecule has 144 valence electrons. The molecule has 0 fully saturated rings. The molecule has 2 N–H and O–H groups in total. The number of hydrogen-bond acceptors (Lipinski definition) is 5. The summed E-state index contributed by atoms with van der Waals surface area (Å²) >= 11 is 0. The predicted octanol–water partition coefficient (Wildman–Crippen LogP) is 2.13. The number of nitrogens with zero attached hydrogens (tertiary/aromatic N) is 2. The highest BCUT2D eigenvalue weighted by molar-refractivity contribution is 6.02. The van der Waals surface area contributed by atoms with Gasteiger partial charge in [0.15, 0.2) is 17.2 Å². The van der Waals surface area contributed by atoms with Gasteiger partial charge in [0.1, 0.15) is 0 Å². The number of carbonyl (C=O) groups excluding carboxylic acids is 2. The molecule has 1 aliphatic rings. The van der Waals surface area contributed by atoms with Crippen molar-refractivity contribution >= 4 is 17.3 Å². The van der Waals surface area contributed by atoms with E-state index in [2.05, 4.69) is 15.6 Å². The molecule has 1 aliphatic heterocycles. The number of carbonyl (C=O) groups is 2. The van der Waals surface area contributed by atoms with Crippen LogP contribution in [0.15, 0.2) is 42.6 Å². The lowest BCUT2D eigenvalue weighted by atomic mass is 10.2. The van der Waals surface area contributed by atoms with Gasteiger partial charge in [-0.3, -0.25) is 14.0 Å². The minimum absolute atomic E-state index is 0.192. The average Bonchev–Trinajstić information content (AvgIpc) is 3.34. The third-order valence-electron chi connectivity index (χ3n) is 4.39. The van der Waals surface area contributed by atoms with Crippen molar-refractivity contribution in [1.29, 1.82) is 0 Å². The van der Waals surface area contributed by atoms with Gasteiger partial charge < -0.3 is 20.1 Å². The fourth-order valence-electron chi connectivity index (χ4n) is 3.00. The molecule has 3 heterocycles. The molecule has 28 heavy (non-hydrogen) atoms. The summed E-state index contributed by atoms with van der Waals surface area (Å²) in [4.78, 5) is 29.4. The standard InChI is InChI=1S/C20H20N4O4/c1-2-8-21-20(26)18-23-17(14-5-3-4-9-24(14)18)19(25)22-11-13-6-7-15-16(10-13)28-12-27-15/h3-7,9-10H,2,8,11-12H2,1H3,(H,21,26)(H,22,25). The molecule has 2 amide bonds. The van der Waals surface area contributed by atoms with E-state index in [1.165, 1.54) is 0 Å². The second-order valence-corrected chi connectivity index (χ2v) is 6.37. The molecular formula is C20H20N4O4. The van der Waals surface area contributed by atoms with Gasteiger partial charge in [-0.25, -0.2) is 4.98 Å². The fourth-order valence-corrected chi connectivity index (χ4v) is 3.00. The number of imidazole rings is 1. The van der Waals surface area contributed by atoms with Crippen molar-refractivity contribution in [3.63, 3.8) is 0 Å². The van der Waals surface area contributed by atoms with E-state index in [4.69, 9.17) is 9.47 Å². The lowest BCUT2D eigenvalue weighted by Crippen LogP contribution is -2.26. The van der Waals surface area contributed by atoms with Crippen molar-refractivity contribution in [2.24, 2.45) is 0 Å². The molecule has 0 saturated carbocycles. The van der Waals surface area contributed by atoms with E-state index in [1.807, 2.05) is 25.1 Å². The summed E-state index contributed by atoms with van der Waals surface area (Å²) in [6.07, 6.45) is 2.54. The zero-order valence-electron chi connectivity index (χ0n) is 15.4. The number of fused-ring (bicyclic) bond motifs is 2. The monoisotopic (exact) mass is 380 g/mol. The van der Waals surface area contributed by atoms with E-state index in [1.54, 1.807) is 28.8 Å². The molecular weight excluding hydrogens is 360 g/mol. The Labute approximate surface area is 161 Å². The first kappa shape index (κ1) is 17.8. The minimum Gasteiger partial charge on any atom is -0.454 e. The van der Waals surface area contributed by atoms with Crippen LogP contribution in [-0.4, -0.2) is 34.5 Å². The first-order valence-electron chi connectivity index (χ1n) is 9.09. The van der Waals surface area contributed by atoms with Gasteiger partial charge in [0.25, 0.3) is 11.8 Å². The highest BCUT2D eigenvalue weighted by Gasteiger charge is 2.21. The summed E-state index contributed by atoms with van der Waals surface area (Å²) < 4.78 is 12.3. The number of rotatable bonds is 6. The van der Waals surface area contributed by atoms with E-state index in [0.717, 1.165) is 12.0 Å². The smallest absolute Gasteiger partial charge is 0.287 e. The van der Waals surface area contributed by atoms with Crippen LogP contribution in [-0.2, 0) is 6.54 Å². The van der Waals surface area contributed by atoms with Crippen molar-refractivity contribution < 1.29 is 19.1 Å². The molecule has 0 aliphatic carbocycles. The normalized spacial score (nSPS) is 12.2. The topological polar surface area (TPSA) is 94.0 Å². The quantitative estimate of drug-likeness (QED) is 0.683. The van der Waals surface area contributed by atoms with Gasteiger partial charge in [0, 0.05) is 19.3 Å². The van der Waals surface area contributed by atoms with Crippen LogP contribution >= 0.6 is 0 Å². The van der Waals surface area contributed by atoms with Gasteiger partial charge >= 0.3 is 0 Å². The van der Waals surface area contributed by atoms with Gasteiger partial charge in [-0.2, -0.15) is 0 Å². The third kappa shape index (κ3) is 3.36. The van der Waals surface area contributed by atoms with Gasteiger partial charge in [-0.1, -0.05) is 19.1 Å². The lowest BCUT2D eigenvalue weighted by molar-refractivity contribution is 0.0942. The maximum Gasteiger partial charge on any atom is 0.287 e. The lowest BCUT2D eigenvalue weighted by Gasteiger charge is -2.05. The van der Waals surface area contributed by atoms with E-state index in [0.29, 0.717) is 30.1 Å². The summed E-state index contributed by atoms with van der Waals surface area (Å²) in [5.74, 6) is 0.887. The number of aromatic nitrogens is 2. The maximum absolute atomic E-state index is 12.7. The average molecular weight is 380 g/mol. The highest BCUT2D eigenvalue weighted by Crippen LogP contribution is 2.32. The molecule has 0 saturated heterocycles. The molecule has 0 bridgehead atoms. The molecule has 8 nitrogen and oxygen atoms in total. The number of pyridine rings is 1. The number of benzene rings is 1. The second kappa shape index (κ2) is 7.59. The summed E-state index contributed by atoms with van der Waals surface area (Å²) in [6.45, 7) is 3.03. The van der Waals surface area contributed by atoms with Gasteiger partial charge in [0.2, 0.25) is 12.6 Å². The van der Waals surface area contributed by atoms with Crippen LogP contribution in [0.4, 0.5) is 0 Å². The minimum atomic E-state index is -0.351. The van der Waals surface area contributed by atoms with Gasteiger partial charge in [-0.15, -0.1) is 0 Å². The number of nitrogens with one attached hydrogen (secondary N) is 2. The molecule has 4 rings (SSSR count). The molecule has 3 aromatic rings. The summed E-state index contributed by atoms with van der Waals surface area (Å²) in [5, 5.41) is 5.65. The van der Waals surface area contributed by atoms with Crippen LogP contribution in [0.2, 0.25) is 0 Å². The SMILES string of the molecule is CCCNC(=O)c1nc(C(=O)NCc2ccc3c(c2)OCO3)c2ccccn12. The van der Waals surface area contributed by atoms with Gasteiger partial charge in [-0.05, 0) is 36.2 Å². The Kier molecular flexibility index (Phi) is 4.84. The van der Waals surface area contributed by atoms with Crippen molar-refractivity contribution in [1.82, 2.24) is 20.0 Å². The van der Waals surface area contributed by atoms with Gasteiger partial charge in [0.05, 0.1) is 5.52 Å². The number of hydrogen-bond donors (Lipinski definition) is 2. The van der Waals surface area contributed by atoms with Crippen LogP contribution in [0.5, 0.6) is 11.5 Å². The number of amides is 2. The maximum atomic E-state index is 12.7. The second-order valence-electron chi connectivity index (χ2n) is 6.37. The van der Waals surface area contributed by atoms with Crippen LogP contribution in [0.1, 0.15) is 40.0 Å². The fraction of sp³-hybridized carbons (Fsp3) is 0.250. The summed E-state index contributed by atoms with van der Waals surface area (Å²) in [7, 11) is 0. The van der Waals surface area contributed by atoms with Crippen molar-refractivity contribution in [3.05, 3.63) is 59.7 Å². The van der Waals surface area contributed by atoms with Crippen LogP contribution in [0.25, 0.3) is 5.52 Å². The first-order valence-corrected chi connectivity index (χ1v) is 9.09.